The zero-order valence-electron chi connectivity index (χ0n) is 14.9. The predicted molar refractivity (Wildman–Crippen MR) is 94.7 cm³/mol. The van der Waals surface area contributed by atoms with E-state index >= 15 is 0 Å². The average molecular weight is 343 g/mol. The average Bonchev–Trinajstić information content (AvgIpc) is 2.89. The highest BCUT2D eigenvalue weighted by molar-refractivity contribution is 6.22. The molecular formula is C19H25N3O3. The lowest BCUT2D eigenvalue weighted by Crippen LogP contribution is -2.44. The van der Waals surface area contributed by atoms with Crippen LogP contribution in [0.25, 0.3) is 0 Å². The quantitative estimate of drug-likeness (QED) is 0.829. The first-order valence-corrected chi connectivity index (χ1v) is 9.02. The molecule has 0 spiro atoms. The van der Waals surface area contributed by atoms with Crippen molar-refractivity contribution in [2.75, 3.05) is 26.7 Å². The molecule has 6 nitrogen and oxygen atoms in total. The number of amides is 3. The first-order chi connectivity index (χ1) is 12.0. The molecule has 3 amide bonds. The number of imide groups is 1. The summed E-state index contributed by atoms with van der Waals surface area (Å²) >= 11 is 0. The van der Waals surface area contributed by atoms with Crippen LogP contribution in [0.2, 0.25) is 0 Å². The lowest BCUT2D eigenvalue weighted by molar-refractivity contribution is 0.0651. The van der Waals surface area contributed by atoms with Gasteiger partial charge >= 0.3 is 0 Å². The molecule has 2 heterocycles. The molecule has 0 bridgehead atoms. The van der Waals surface area contributed by atoms with E-state index in [2.05, 4.69) is 5.32 Å². The van der Waals surface area contributed by atoms with Gasteiger partial charge in [0, 0.05) is 25.2 Å². The zero-order valence-corrected chi connectivity index (χ0v) is 14.9. The Balaban J connectivity index is 1.80. The van der Waals surface area contributed by atoms with E-state index in [1.165, 1.54) is 4.90 Å². The summed E-state index contributed by atoms with van der Waals surface area (Å²) in [4.78, 5) is 40.7. The number of rotatable bonds is 5. The van der Waals surface area contributed by atoms with Crippen LogP contribution in [0, 0.1) is 0 Å². The summed E-state index contributed by atoms with van der Waals surface area (Å²) < 4.78 is 0. The number of fused-ring (bicyclic) bond motifs is 1. The molecule has 0 aliphatic carbocycles. The molecule has 134 valence electrons. The second kappa shape index (κ2) is 7.35. The number of benzene rings is 1. The van der Waals surface area contributed by atoms with E-state index < -0.39 is 0 Å². The van der Waals surface area contributed by atoms with Crippen molar-refractivity contribution in [2.45, 2.75) is 38.6 Å². The molecule has 6 heteroatoms. The summed E-state index contributed by atoms with van der Waals surface area (Å²) in [5.41, 5.74) is 1.23. The van der Waals surface area contributed by atoms with E-state index in [4.69, 9.17) is 0 Å². The number of nitrogens with one attached hydrogen (secondary N) is 1. The van der Waals surface area contributed by atoms with Crippen LogP contribution < -0.4 is 5.32 Å². The SMILES string of the molecule is CCCCN1C(=O)c2ccc(C(=O)N(C)C3CCNCC3)cc2C1=O. The van der Waals surface area contributed by atoms with Gasteiger partial charge in [-0.1, -0.05) is 13.3 Å². The summed E-state index contributed by atoms with van der Waals surface area (Å²) in [6.45, 7) is 4.27. The Hall–Kier alpha value is -2.21. The summed E-state index contributed by atoms with van der Waals surface area (Å²) in [6.07, 6.45) is 3.55. The maximum absolute atomic E-state index is 12.8. The Labute approximate surface area is 148 Å². The third-order valence-corrected chi connectivity index (χ3v) is 5.13. The molecule has 1 saturated heterocycles. The van der Waals surface area contributed by atoms with Gasteiger partial charge in [-0.15, -0.1) is 0 Å². The molecule has 1 aromatic rings. The Morgan fingerprint density at radius 1 is 1.20 bits per heavy atom. The standard InChI is InChI=1S/C19H25N3O3/c1-3-4-11-22-18(24)15-6-5-13(12-16(15)19(22)25)17(23)21(2)14-7-9-20-10-8-14/h5-6,12,14,20H,3-4,7-11H2,1-2H3. The number of unbranched alkanes of at least 4 members (excludes halogenated alkanes) is 1. The molecule has 2 aliphatic heterocycles. The van der Waals surface area contributed by atoms with E-state index in [0.29, 0.717) is 23.2 Å². The number of hydrogen-bond donors (Lipinski definition) is 1. The Morgan fingerprint density at radius 3 is 2.56 bits per heavy atom. The van der Waals surface area contributed by atoms with Gasteiger partial charge in [-0.2, -0.15) is 0 Å². The molecule has 0 radical (unpaired) electrons. The van der Waals surface area contributed by atoms with Crippen molar-refractivity contribution in [2.24, 2.45) is 0 Å². The van der Waals surface area contributed by atoms with Crippen LogP contribution in [0.3, 0.4) is 0 Å². The summed E-state index contributed by atoms with van der Waals surface area (Å²) in [7, 11) is 1.81. The molecule has 2 aliphatic rings. The van der Waals surface area contributed by atoms with Crippen LogP contribution in [0.4, 0.5) is 0 Å². The van der Waals surface area contributed by atoms with Crippen LogP contribution in [0.5, 0.6) is 0 Å². The fourth-order valence-corrected chi connectivity index (χ4v) is 3.51. The van der Waals surface area contributed by atoms with E-state index in [1.807, 2.05) is 14.0 Å². The van der Waals surface area contributed by atoms with Crippen molar-refractivity contribution in [1.29, 1.82) is 0 Å². The molecular weight excluding hydrogens is 318 g/mol. The van der Waals surface area contributed by atoms with Crippen LogP contribution >= 0.6 is 0 Å². The van der Waals surface area contributed by atoms with Gasteiger partial charge in [0.1, 0.15) is 0 Å². The monoisotopic (exact) mass is 343 g/mol. The minimum atomic E-state index is -0.285. The van der Waals surface area contributed by atoms with Crippen LogP contribution in [-0.2, 0) is 0 Å². The smallest absolute Gasteiger partial charge is 0.261 e. The minimum Gasteiger partial charge on any atom is -0.339 e. The van der Waals surface area contributed by atoms with Crippen molar-refractivity contribution >= 4 is 17.7 Å². The summed E-state index contributed by atoms with van der Waals surface area (Å²) in [5.74, 6) is -0.631. The van der Waals surface area contributed by atoms with Crippen LogP contribution in [0.15, 0.2) is 18.2 Å². The Kier molecular flexibility index (Phi) is 5.18. The third kappa shape index (κ3) is 3.31. The lowest BCUT2D eigenvalue weighted by Gasteiger charge is -2.31. The van der Waals surface area contributed by atoms with Crippen molar-refractivity contribution in [3.8, 4) is 0 Å². The van der Waals surface area contributed by atoms with Gasteiger partial charge < -0.3 is 10.2 Å². The van der Waals surface area contributed by atoms with Gasteiger partial charge in [0.25, 0.3) is 17.7 Å². The fourth-order valence-electron chi connectivity index (χ4n) is 3.51. The van der Waals surface area contributed by atoms with Crippen LogP contribution in [0.1, 0.15) is 63.7 Å². The van der Waals surface area contributed by atoms with E-state index in [-0.39, 0.29) is 23.8 Å². The predicted octanol–water partition coefficient (Wildman–Crippen LogP) is 1.91. The molecule has 0 aromatic heterocycles. The normalized spacial score (nSPS) is 17.8. The molecule has 0 unspecified atom stereocenters. The van der Waals surface area contributed by atoms with Crippen molar-refractivity contribution < 1.29 is 14.4 Å². The second-order valence-electron chi connectivity index (χ2n) is 6.77. The van der Waals surface area contributed by atoms with Crippen molar-refractivity contribution in [3.05, 3.63) is 34.9 Å². The highest BCUT2D eigenvalue weighted by Crippen LogP contribution is 2.25. The molecule has 1 aromatic carbocycles. The molecule has 25 heavy (non-hydrogen) atoms. The number of carbonyl (C=O) groups excluding carboxylic acids is 3. The van der Waals surface area contributed by atoms with Crippen molar-refractivity contribution in [3.63, 3.8) is 0 Å². The topological polar surface area (TPSA) is 69.7 Å². The molecule has 0 saturated carbocycles. The maximum Gasteiger partial charge on any atom is 0.261 e. The summed E-state index contributed by atoms with van der Waals surface area (Å²) in [5, 5.41) is 3.29. The van der Waals surface area contributed by atoms with E-state index in [1.54, 1.807) is 23.1 Å². The lowest BCUT2D eigenvalue weighted by atomic mass is 10.0. The van der Waals surface area contributed by atoms with E-state index in [0.717, 1.165) is 38.8 Å². The second-order valence-corrected chi connectivity index (χ2v) is 6.77. The molecule has 1 fully saturated rings. The first kappa shape index (κ1) is 17.6. The highest BCUT2D eigenvalue weighted by atomic mass is 16.2. The largest absolute Gasteiger partial charge is 0.339 e. The maximum atomic E-state index is 12.8. The molecule has 1 N–H and O–H groups in total. The van der Waals surface area contributed by atoms with Crippen LogP contribution in [-0.4, -0.2) is 60.2 Å². The molecule has 3 rings (SSSR count). The van der Waals surface area contributed by atoms with Gasteiger partial charge in [-0.05, 0) is 50.6 Å². The zero-order chi connectivity index (χ0) is 18.0. The first-order valence-electron chi connectivity index (χ1n) is 9.02. The summed E-state index contributed by atoms with van der Waals surface area (Å²) in [6, 6.07) is 5.07. The van der Waals surface area contributed by atoms with Gasteiger partial charge in [0.05, 0.1) is 11.1 Å². The minimum absolute atomic E-state index is 0.0954. The van der Waals surface area contributed by atoms with Crippen molar-refractivity contribution in [1.82, 2.24) is 15.1 Å². The van der Waals surface area contributed by atoms with Gasteiger partial charge in [0.2, 0.25) is 0 Å². The third-order valence-electron chi connectivity index (χ3n) is 5.13. The fraction of sp³-hybridized carbons (Fsp3) is 0.526. The molecule has 0 atom stereocenters. The van der Waals surface area contributed by atoms with Gasteiger partial charge in [0.15, 0.2) is 0 Å². The van der Waals surface area contributed by atoms with Gasteiger partial charge in [-0.25, -0.2) is 0 Å². The Morgan fingerprint density at radius 2 is 1.88 bits per heavy atom. The highest BCUT2D eigenvalue weighted by Gasteiger charge is 2.36. The number of nitrogens with zero attached hydrogens (tertiary/aromatic N) is 2. The number of hydrogen-bond acceptors (Lipinski definition) is 4. The van der Waals surface area contributed by atoms with Gasteiger partial charge in [-0.3, -0.25) is 19.3 Å². The Bertz CT molecular complexity index is 695. The number of carbonyl (C=O) groups is 3. The van der Waals surface area contributed by atoms with E-state index in [9.17, 15) is 14.4 Å². The number of piperidine rings is 1.